The molecule has 3 nitrogen and oxygen atoms in total. The van der Waals surface area contributed by atoms with Crippen LogP contribution >= 0.6 is 0 Å². The summed E-state index contributed by atoms with van der Waals surface area (Å²) in [4.78, 5) is 4.00. The van der Waals surface area contributed by atoms with Gasteiger partial charge in [-0.25, -0.2) is 9.37 Å². The van der Waals surface area contributed by atoms with Crippen molar-refractivity contribution in [3.63, 3.8) is 0 Å². The second-order valence-corrected chi connectivity index (χ2v) is 3.78. The van der Waals surface area contributed by atoms with Gasteiger partial charge in [-0.15, -0.1) is 0 Å². The molecule has 2 N–H and O–H groups in total. The second kappa shape index (κ2) is 3.46. The Kier molecular flexibility index (Phi) is 2.71. The molecular weight excluding hydrogens is 171 g/mol. The highest BCUT2D eigenvalue weighted by atomic mass is 19.1. The molecule has 0 saturated heterocycles. The van der Waals surface area contributed by atoms with Gasteiger partial charge in [0.25, 0.3) is 0 Å². The zero-order chi connectivity index (χ0) is 10.1. The van der Waals surface area contributed by atoms with Crippen LogP contribution in [0.5, 0.6) is 0 Å². The van der Waals surface area contributed by atoms with Crippen LogP contribution in [0.25, 0.3) is 0 Å². The summed E-state index contributed by atoms with van der Waals surface area (Å²) in [6, 6.07) is -0.0192. The molecule has 0 aliphatic carbocycles. The maximum atomic E-state index is 13.3. The second-order valence-electron chi connectivity index (χ2n) is 3.78. The molecule has 0 fully saturated rings. The quantitative estimate of drug-likeness (QED) is 0.782. The van der Waals surface area contributed by atoms with Crippen LogP contribution in [0.4, 0.5) is 4.39 Å². The van der Waals surface area contributed by atoms with Crippen molar-refractivity contribution in [3.8, 4) is 0 Å². The zero-order valence-electron chi connectivity index (χ0n) is 8.17. The van der Waals surface area contributed by atoms with E-state index in [1.165, 1.54) is 20.1 Å². The van der Waals surface area contributed by atoms with Crippen LogP contribution in [-0.4, -0.2) is 11.0 Å². The van der Waals surface area contributed by atoms with E-state index in [0.717, 1.165) is 0 Å². The van der Waals surface area contributed by atoms with Gasteiger partial charge in [-0.1, -0.05) is 0 Å². The largest absolute Gasteiger partial charge is 0.449 e. The normalized spacial score (nSPS) is 14.5. The Balaban J connectivity index is 2.75. The fourth-order valence-corrected chi connectivity index (χ4v) is 0.953. The summed E-state index contributed by atoms with van der Waals surface area (Å²) < 4.78 is 18.4. The van der Waals surface area contributed by atoms with Gasteiger partial charge in [-0.05, 0) is 20.8 Å². The van der Waals surface area contributed by atoms with Gasteiger partial charge < -0.3 is 10.2 Å². The van der Waals surface area contributed by atoms with Gasteiger partial charge in [0.05, 0.1) is 0 Å². The highest BCUT2D eigenvalue weighted by Gasteiger charge is 2.23. The van der Waals surface area contributed by atoms with E-state index in [-0.39, 0.29) is 6.04 Å². The molecular formula is C9H15FN2O. The number of rotatable bonds is 3. The van der Waals surface area contributed by atoms with Crippen molar-refractivity contribution < 1.29 is 8.81 Å². The summed E-state index contributed by atoms with van der Waals surface area (Å²) in [5, 5.41) is 0. The van der Waals surface area contributed by atoms with E-state index >= 15 is 0 Å². The summed E-state index contributed by atoms with van der Waals surface area (Å²) in [5.41, 5.74) is 4.43. The molecule has 0 saturated carbocycles. The van der Waals surface area contributed by atoms with Crippen molar-refractivity contribution >= 4 is 0 Å². The number of hydrogen-bond donors (Lipinski definition) is 1. The van der Waals surface area contributed by atoms with Crippen LogP contribution in [0.1, 0.15) is 32.4 Å². The Labute approximate surface area is 77.1 Å². The molecule has 1 heterocycles. The maximum absolute atomic E-state index is 13.3. The first-order valence-corrected chi connectivity index (χ1v) is 4.29. The van der Waals surface area contributed by atoms with Crippen molar-refractivity contribution in [2.24, 2.45) is 5.73 Å². The third kappa shape index (κ3) is 2.81. The third-order valence-electron chi connectivity index (χ3n) is 1.66. The van der Waals surface area contributed by atoms with Crippen LogP contribution < -0.4 is 5.73 Å². The molecule has 74 valence electrons. The number of alkyl halides is 1. The fraction of sp³-hybridized carbons (Fsp3) is 0.667. The molecule has 13 heavy (non-hydrogen) atoms. The van der Waals surface area contributed by atoms with Gasteiger partial charge >= 0.3 is 0 Å². The minimum absolute atomic E-state index is 0.0192. The predicted molar refractivity (Wildman–Crippen MR) is 48.0 cm³/mol. The molecule has 1 rings (SSSR count). The summed E-state index contributed by atoms with van der Waals surface area (Å²) in [5.74, 6) is 0.496. The summed E-state index contributed by atoms with van der Waals surface area (Å²) in [6.45, 7) is 4.74. The molecule has 0 bridgehead atoms. The first-order chi connectivity index (χ1) is 5.89. The van der Waals surface area contributed by atoms with Crippen LogP contribution in [0.2, 0.25) is 0 Å². The monoisotopic (exact) mass is 186 g/mol. The Bertz CT molecular complexity index is 275. The molecule has 0 spiro atoms. The zero-order valence-corrected chi connectivity index (χ0v) is 8.17. The number of nitrogens with two attached hydrogens (primary N) is 1. The lowest BCUT2D eigenvalue weighted by Crippen LogP contribution is -2.18. The van der Waals surface area contributed by atoms with Crippen LogP contribution in [0, 0.1) is 0 Å². The Morgan fingerprint density at radius 1 is 1.69 bits per heavy atom. The number of nitrogens with zero attached hydrogens (tertiary/aromatic N) is 1. The lowest BCUT2D eigenvalue weighted by Gasteiger charge is -2.08. The van der Waals surface area contributed by atoms with Crippen molar-refractivity contribution in [3.05, 3.63) is 17.8 Å². The van der Waals surface area contributed by atoms with Crippen LogP contribution in [-0.2, 0) is 12.1 Å². The number of oxazole rings is 1. The summed E-state index contributed by atoms with van der Waals surface area (Å²) in [6.07, 6.45) is 1.88. The molecule has 4 heteroatoms. The minimum Gasteiger partial charge on any atom is -0.449 e. The van der Waals surface area contributed by atoms with Gasteiger partial charge in [0.2, 0.25) is 0 Å². The topological polar surface area (TPSA) is 52.0 Å². The van der Waals surface area contributed by atoms with E-state index in [1.807, 2.05) is 6.92 Å². The van der Waals surface area contributed by atoms with Crippen LogP contribution in [0.3, 0.4) is 0 Å². The molecule has 1 aromatic heterocycles. The number of hydrogen-bond acceptors (Lipinski definition) is 3. The molecule has 1 atom stereocenters. The van der Waals surface area contributed by atoms with Gasteiger partial charge in [-0.2, -0.15) is 0 Å². The van der Waals surface area contributed by atoms with Crippen LogP contribution in [0.15, 0.2) is 10.7 Å². The first kappa shape index (κ1) is 10.2. The van der Waals surface area contributed by atoms with Gasteiger partial charge in [0.1, 0.15) is 17.6 Å². The molecule has 0 aromatic carbocycles. The van der Waals surface area contributed by atoms with Gasteiger partial charge in [0, 0.05) is 12.5 Å². The Morgan fingerprint density at radius 2 is 2.31 bits per heavy atom. The van der Waals surface area contributed by atoms with E-state index in [0.29, 0.717) is 18.0 Å². The number of halogens is 1. The van der Waals surface area contributed by atoms with E-state index in [9.17, 15) is 4.39 Å². The summed E-state index contributed by atoms with van der Waals surface area (Å²) >= 11 is 0. The highest BCUT2D eigenvalue weighted by molar-refractivity contribution is 5.06. The SMILES string of the molecule is CC(N)Cc1nc(C(C)(C)F)co1. The maximum Gasteiger partial charge on any atom is 0.195 e. The smallest absolute Gasteiger partial charge is 0.195 e. The fourth-order valence-electron chi connectivity index (χ4n) is 0.953. The van der Waals surface area contributed by atoms with E-state index in [4.69, 9.17) is 10.2 Å². The van der Waals surface area contributed by atoms with Gasteiger partial charge in [0.15, 0.2) is 5.89 Å². The molecule has 0 aliphatic rings. The van der Waals surface area contributed by atoms with E-state index in [2.05, 4.69) is 4.98 Å². The average Bonchev–Trinajstić information content (AvgIpc) is 2.32. The van der Waals surface area contributed by atoms with Crippen molar-refractivity contribution in [2.45, 2.75) is 38.9 Å². The average molecular weight is 186 g/mol. The molecule has 0 aliphatic heterocycles. The standard InChI is InChI=1S/C9H15FN2O/c1-6(11)4-8-12-7(5-13-8)9(2,3)10/h5-6H,4,11H2,1-3H3. The van der Waals surface area contributed by atoms with Crippen molar-refractivity contribution in [1.29, 1.82) is 0 Å². The Morgan fingerprint density at radius 3 is 2.69 bits per heavy atom. The third-order valence-corrected chi connectivity index (χ3v) is 1.66. The van der Waals surface area contributed by atoms with Gasteiger partial charge in [-0.3, -0.25) is 0 Å². The lowest BCUT2D eigenvalue weighted by molar-refractivity contribution is 0.214. The predicted octanol–water partition coefficient (Wildman–Crippen LogP) is 1.77. The number of aromatic nitrogens is 1. The Hall–Kier alpha value is -0.900. The highest BCUT2D eigenvalue weighted by Crippen LogP contribution is 2.23. The van der Waals surface area contributed by atoms with Crippen molar-refractivity contribution in [2.75, 3.05) is 0 Å². The summed E-state index contributed by atoms with van der Waals surface area (Å²) in [7, 11) is 0. The lowest BCUT2D eigenvalue weighted by atomic mass is 10.1. The van der Waals surface area contributed by atoms with E-state index < -0.39 is 5.67 Å². The molecule has 1 aromatic rings. The minimum atomic E-state index is -1.44. The first-order valence-electron chi connectivity index (χ1n) is 4.29. The molecule has 0 amide bonds. The molecule has 1 unspecified atom stereocenters. The molecule has 0 radical (unpaired) electrons. The van der Waals surface area contributed by atoms with Crippen molar-refractivity contribution in [1.82, 2.24) is 4.98 Å². The van der Waals surface area contributed by atoms with E-state index in [1.54, 1.807) is 0 Å².